The molecule has 4 aromatic rings. The van der Waals surface area contributed by atoms with Gasteiger partial charge in [-0.2, -0.15) is 0 Å². The first-order valence-electron chi connectivity index (χ1n) is 14.7. The van der Waals surface area contributed by atoms with E-state index in [1.54, 1.807) is 79.2 Å². The summed E-state index contributed by atoms with van der Waals surface area (Å²) in [4.78, 5) is 45.4. The van der Waals surface area contributed by atoms with Crippen molar-refractivity contribution >= 4 is 29.0 Å². The van der Waals surface area contributed by atoms with Crippen molar-refractivity contribution in [3.05, 3.63) is 124 Å². The summed E-state index contributed by atoms with van der Waals surface area (Å²) < 4.78 is 19.1. The lowest BCUT2D eigenvalue weighted by molar-refractivity contribution is -0.384. The number of hydrogen-bond donors (Lipinski definition) is 0. The molecule has 0 N–H and O–H groups in total. The van der Waals surface area contributed by atoms with E-state index in [0.717, 1.165) is 11.1 Å². The first-order valence-corrected chi connectivity index (χ1v) is 15.5. The molecule has 3 aromatic carbocycles. The molecular weight excluding hydrogens is 608 g/mol. The lowest BCUT2D eigenvalue weighted by Crippen LogP contribution is -2.43. The molecule has 238 valence electrons. The number of benzene rings is 3. The first-order chi connectivity index (χ1) is 22.2. The Bertz CT molecular complexity index is 1980. The highest BCUT2D eigenvalue weighted by atomic mass is 32.1. The third-order valence-corrected chi connectivity index (χ3v) is 8.75. The lowest BCUT2D eigenvalue weighted by atomic mass is 9.93. The van der Waals surface area contributed by atoms with Crippen LogP contribution >= 0.6 is 11.3 Å². The fourth-order valence-corrected chi connectivity index (χ4v) is 6.36. The van der Waals surface area contributed by atoms with Crippen molar-refractivity contribution in [3.8, 4) is 17.2 Å². The zero-order valence-electron chi connectivity index (χ0n) is 26.2. The van der Waals surface area contributed by atoms with Crippen LogP contribution in [0.15, 0.2) is 87.8 Å². The smallest absolute Gasteiger partial charge is 0.271 e. The summed E-state index contributed by atoms with van der Waals surface area (Å²) in [6.45, 7) is 6.89. The van der Waals surface area contributed by atoms with Gasteiger partial charge < -0.3 is 19.1 Å². The Hall–Kier alpha value is -5.23. The number of amides is 1. The van der Waals surface area contributed by atoms with Crippen molar-refractivity contribution in [3.63, 3.8) is 0 Å². The monoisotopic (exact) mass is 642 g/mol. The fraction of sp³-hybridized carbons (Fsp3) is 0.265. The average molecular weight is 643 g/mol. The molecule has 0 aliphatic carbocycles. The van der Waals surface area contributed by atoms with E-state index in [1.165, 1.54) is 23.5 Å². The molecule has 11 nitrogen and oxygen atoms in total. The van der Waals surface area contributed by atoms with Gasteiger partial charge in [-0.1, -0.05) is 23.5 Å². The topological polar surface area (TPSA) is 126 Å². The van der Waals surface area contributed by atoms with Crippen molar-refractivity contribution in [2.24, 2.45) is 4.99 Å². The number of ether oxygens (including phenoxy) is 3. The van der Waals surface area contributed by atoms with Crippen molar-refractivity contribution in [2.45, 2.75) is 33.4 Å². The number of rotatable bonds is 11. The zero-order valence-corrected chi connectivity index (χ0v) is 27.0. The Morgan fingerprint density at radius 3 is 2.30 bits per heavy atom. The molecule has 1 aliphatic heterocycles. The number of fused-ring (bicyclic) bond motifs is 1. The summed E-state index contributed by atoms with van der Waals surface area (Å²) in [5.74, 6) is 1.50. The molecule has 46 heavy (non-hydrogen) atoms. The Labute approximate surface area is 269 Å². The van der Waals surface area contributed by atoms with Crippen LogP contribution in [0.2, 0.25) is 0 Å². The number of nitrogens with zero attached hydrogens (tertiary/aromatic N) is 4. The van der Waals surface area contributed by atoms with Crippen LogP contribution in [0.25, 0.3) is 6.08 Å². The van der Waals surface area contributed by atoms with Crippen LogP contribution in [0.3, 0.4) is 0 Å². The molecule has 0 spiro atoms. The highest BCUT2D eigenvalue weighted by Crippen LogP contribution is 2.38. The number of nitro benzene ring substituents is 1. The van der Waals surface area contributed by atoms with E-state index in [9.17, 15) is 19.7 Å². The highest BCUT2D eigenvalue weighted by Gasteiger charge is 2.36. The van der Waals surface area contributed by atoms with E-state index >= 15 is 0 Å². The largest absolute Gasteiger partial charge is 0.497 e. The minimum Gasteiger partial charge on any atom is -0.497 e. The predicted molar refractivity (Wildman–Crippen MR) is 175 cm³/mol. The molecule has 1 aliphatic rings. The molecule has 2 heterocycles. The number of aromatic nitrogens is 1. The van der Waals surface area contributed by atoms with E-state index in [1.807, 2.05) is 26.0 Å². The van der Waals surface area contributed by atoms with E-state index in [-0.39, 0.29) is 23.8 Å². The number of nitro groups is 1. The summed E-state index contributed by atoms with van der Waals surface area (Å²) in [6, 6.07) is 18.0. The molecule has 0 radical (unpaired) electrons. The Morgan fingerprint density at radius 1 is 1.02 bits per heavy atom. The van der Waals surface area contributed by atoms with Gasteiger partial charge in [-0.25, -0.2) is 4.99 Å². The number of thiazole rings is 1. The van der Waals surface area contributed by atoms with E-state index < -0.39 is 11.0 Å². The predicted octanol–water partition coefficient (Wildman–Crippen LogP) is 4.61. The van der Waals surface area contributed by atoms with Crippen LogP contribution in [0.4, 0.5) is 5.69 Å². The minimum absolute atomic E-state index is 0.0224. The number of likely N-dealkylation sites (N-methyl/N-ethyl adjacent to an activating group) is 1. The van der Waals surface area contributed by atoms with Gasteiger partial charge in [0.2, 0.25) is 0 Å². The van der Waals surface area contributed by atoms with Gasteiger partial charge in [0.15, 0.2) is 4.80 Å². The summed E-state index contributed by atoms with van der Waals surface area (Å²) in [6.07, 6.45) is 1.79. The number of hydrogen-bond acceptors (Lipinski definition) is 9. The van der Waals surface area contributed by atoms with Crippen LogP contribution in [0, 0.1) is 10.1 Å². The second-order valence-corrected chi connectivity index (χ2v) is 11.5. The van der Waals surface area contributed by atoms with Gasteiger partial charge >= 0.3 is 0 Å². The Balaban J connectivity index is 1.52. The number of methoxy groups -OCH3 is 2. The van der Waals surface area contributed by atoms with Gasteiger partial charge in [0.1, 0.15) is 29.9 Å². The molecule has 0 unspecified atom stereocenters. The molecule has 0 saturated carbocycles. The zero-order chi connectivity index (χ0) is 33.0. The standard InChI is InChI=1S/C34H34N4O7S/c1-6-36(7-2)33(40)30-21(3)35-34-37(31(30)27-19-26(43-4)16-17-28(27)44-5)32(39)29(46-34)18-22-10-14-25(15-11-22)45-20-23-8-12-24(13-9-23)38(41)42/h8-19,31H,6-7,20H2,1-5H3/b29-18+/t31-/m1/s1. The van der Waals surface area contributed by atoms with Crippen molar-refractivity contribution in [2.75, 3.05) is 27.3 Å². The quantitative estimate of drug-likeness (QED) is 0.173. The molecule has 0 bridgehead atoms. The van der Waals surface area contributed by atoms with Crippen LogP contribution < -0.4 is 29.1 Å². The summed E-state index contributed by atoms with van der Waals surface area (Å²) in [5, 5.41) is 10.9. The molecule has 1 amide bonds. The van der Waals surface area contributed by atoms with Crippen molar-refractivity contribution in [1.82, 2.24) is 9.47 Å². The maximum absolute atomic E-state index is 14.1. The number of allylic oxidation sites excluding steroid dienone is 1. The third-order valence-electron chi connectivity index (χ3n) is 7.76. The molecule has 1 atom stereocenters. The van der Waals surface area contributed by atoms with E-state index in [4.69, 9.17) is 19.2 Å². The van der Waals surface area contributed by atoms with E-state index in [0.29, 0.717) is 56.5 Å². The molecule has 0 fully saturated rings. The minimum atomic E-state index is -0.785. The first kappa shape index (κ1) is 32.2. The Kier molecular flexibility index (Phi) is 9.67. The summed E-state index contributed by atoms with van der Waals surface area (Å²) >= 11 is 1.25. The molecule has 1 aromatic heterocycles. The average Bonchev–Trinajstić information content (AvgIpc) is 3.37. The summed E-state index contributed by atoms with van der Waals surface area (Å²) in [5.41, 5.74) is 2.88. The van der Waals surface area contributed by atoms with Crippen molar-refractivity contribution in [1.29, 1.82) is 0 Å². The van der Waals surface area contributed by atoms with Gasteiger partial charge in [0.05, 0.1) is 34.9 Å². The molecule has 0 saturated heterocycles. The van der Waals surface area contributed by atoms with Gasteiger partial charge in [-0.3, -0.25) is 24.3 Å². The Morgan fingerprint density at radius 2 is 1.70 bits per heavy atom. The molecular formula is C34H34N4O7S. The number of non-ortho nitro benzene ring substituents is 1. The maximum Gasteiger partial charge on any atom is 0.271 e. The van der Waals surface area contributed by atoms with Gasteiger partial charge in [0.25, 0.3) is 17.2 Å². The second kappa shape index (κ2) is 13.8. The lowest BCUT2D eigenvalue weighted by Gasteiger charge is -2.30. The number of carbonyl (C=O) groups is 1. The normalized spacial score (nSPS) is 14.4. The van der Waals surface area contributed by atoms with Crippen LogP contribution in [0.1, 0.15) is 43.5 Å². The van der Waals surface area contributed by atoms with Crippen LogP contribution in [0.5, 0.6) is 17.2 Å². The highest BCUT2D eigenvalue weighted by molar-refractivity contribution is 7.07. The van der Waals surface area contributed by atoms with Gasteiger partial charge in [-0.05, 0) is 80.4 Å². The second-order valence-electron chi connectivity index (χ2n) is 10.4. The van der Waals surface area contributed by atoms with Crippen LogP contribution in [-0.4, -0.2) is 47.6 Å². The van der Waals surface area contributed by atoms with Gasteiger partial charge in [-0.15, -0.1) is 0 Å². The fourth-order valence-electron chi connectivity index (χ4n) is 5.32. The molecule has 5 rings (SSSR count). The van der Waals surface area contributed by atoms with Crippen molar-refractivity contribution < 1.29 is 23.9 Å². The van der Waals surface area contributed by atoms with E-state index in [2.05, 4.69) is 0 Å². The third kappa shape index (κ3) is 6.43. The molecule has 12 heteroatoms. The van der Waals surface area contributed by atoms with Gasteiger partial charge in [0, 0.05) is 30.8 Å². The SMILES string of the molecule is CCN(CC)C(=O)C1=C(C)N=c2s/c(=C/c3ccc(OCc4ccc([N+](=O)[O-])cc4)cc3)c(=O)n2[C@@H]1c1cc(OC)ccc1OC. The maximum atomic E-state index is 14.1. The van der Waals surface area contributed by atoms with Crippen LogP contribution in [-0.2, 0) is 11.4 Å². The summed E-state index contributed by atoms with van der Waals surface area (Å²) in [7, 11) is 3.11. The number of carbonyl (C=O) groups excluding carboxylic acids is 1.